The lowest BCUT2D eigenvalue weighted by Gasteiger charge is -2.34. The number of aryl methyl sites for hydroxylation is 2. The Morgan fingerprint density at radius 2 is 1.72 bits per heavy atom. The zero-order valence-electron chi connectivity index (χ0n) is 14.4. The summed E-state index contributed by atoms with van der Waals surface area (Å²) in [6, 6.07) is 9.59. The molecular weight excluding hydrogens is 316 g/mol. The van der Waals surface area contributed by atoms with Gasteiger partial charge in [-0.3, -0.25) is 4.79 Å². The number of nitrogens with zero attached hydrogens (tertiary/aromatic N) is 4. The second-order valence-corrected chi connectivity index (χ2v) is 6.38. The molecule has 25 heavy (non-hydrogen) atoms. The van der Waals surface area contributed by atoms with Crippen LogP contribution in [0.3, 0.4) is 0 Å². The molecule has 1 saturated heterocycles. The van der Waals surface area contributed by atoms with E-state index < -0.39 is 0 Å². The molecule has 1 amide bonds. The van der Waals surface area contributed by atoms with Crippen molar-refractivity contribution in [2.24, 2.45) is 0 Å². The first-order valence-corrected chi connectivity index (χ1v) is 8.44. The summed E-state index contributed by atoms with van der Waals surface area (Å²) < 4.78 is 5.50. The highest BCUT2D eigenvalue weighted by Crippen LogP contribution is 2.23. The van der Waals surface area contributed by atoms with Crippen molar-refractivity contribution in [1.29, 1.82) is 0 Å². The van der Waals surface area contributed by atoms with Crippen LogP contribution in [0.15, 0.2) is 41.0 Å². The van der Waals surface area contributed by atoms with Crippen molar-refractivity contribution < 1.29 is 9.21 Å². The van der Waals surface area contributed by atoms with Gasteiger partial charge in [0.15, 0.2) is 0 Å². The first-order chi connectivity index (χ1) is 12.1. The number of carbonyl (C=O) groups excluding carboxylic acids is 1. The summed E-state index contributed by atoms with van der Waals surface area (Å²) in [6.07, 6.45) is 1.56. The van der Waals surface area contributed by atoms with Crippen molar-refractivity contribution in [3.63, 3.8) is 0 Å². The Balaban J connectivity index is 1.49. The molecule has 0 saturated carbocycles. The molecule has 3 heterocycles. The van der Waals surface area contributed by atoms with Gasteiger partial charge < -0.3 is 14.2 Å². The third kappa shape index (κ3) is 2.95. The minimum atomic E-state index is 0.0194. The van der Waals surface area contributed by atoms with E-state index in [1.807, 2.05) is 49.1 Å². The number of rotatable bonds is 2. The summed E-state index contributed by atoms with van der Waals surface area (Å²) in [7, 11) is 0. The Bertz CT molecular complexity index is 906. The van der Waals surface area contributed by atoms with Gasteiger partial charge in [-0.25, -0.2) is 9.97 Å². The van der Waals surface area contributed by atoms with E-state index >= 15 is 0 Å². The van der Waals surface area contributed by atoms with Crippen LogP contribution in [0, 0.1) is 13.8 Å². The van der Waals surface area contributed by atoms with E-state index in [4.69, 9.17) is 4.42 Å². The van der Waals surface area contributed by atoms with E-state index in [2.05, 4.69) is 14.9 Å². The molecule has 0 radical (unpaired) electrons. The van der Waals surface area contributed by atoms with Crippen LogP contribution < -0.4 is 4.90 Å². The molecule has 4 rings (SSSR count). The summed E-state index contributed by atoms with van der Waals surface area (Å²) in [5, 5.41) is 0.868. The zero-order valence-corrected chi connectivity index (χ0v) is 14.4. The first kappa shape index (κ1) is 15.6. The van der Waals surface area contributed by atoms with E-state index in [0.29, 0.717) is 18.7 Å². The third-order valence-electron chi connectivity index (χ3n) is 4.53. The monoisotopic (exact) mass is 336 g/mol. The van der Waals surface area contributed by atoms with Crippen LogP contribution in [-0.4, -0.2) is 47.0 Å². The van der Waals surface area contributed by atoms with Crippen LogP contribution in [0.5, 0.6) is 0 Å². The summed E-state index contributed by atoms with van der Waals surface area (Å²) in [4.78, 5) is 25.9. The predicted molar refractivity (Wildman–Crippen MR) is 95.8 cm³/mol. The molecule has 0 N–H and O–H groups in total. The molecule has 1 aromatic carbocycles. The van der Waals surface area contributed by atoms with Crippen LogP contribution in [0.2, 0.25) is 0 Å². The van der Waals surface area contributed by atoms with Gasteiger partial charge in [-0.2, -0.15) is 0 Å². The predicted octanol–water partition coefficient (Wildman–Crippen LogP) is 2.80. The highest BCUT2D eigenvalue weighted by Gasteiger charge is 2.25. The maximum Gasteiger partial charge on any atom is 0.257 e. The largest absolute Gasteiger partial charge is 0.463 e. The molecule has 1 aliphatic rings. The minimum absolute atomic E-state index is 0.0194. The van der Waals surface area contributed by atoms with Crippen molar-refractivity contribution >= 4 is 22.8 Å². The number of fused-ring (bicyclic) bond motifs is 1. The van der Waals surface area contributed by atoms with Gasteiger partial charge in [0.2, 0.25) is 5.95 Å². The number of hydrogen-bond acceptors (Lipinski definition) is 5. The lowest BCUT2D eigenvalue weighted by atomic mass is 10.1. The van der Waals surface area contributed by atoms with Gasteiger partial charge in [-0.15, -0.1) is 0 Å². The summed E-state index contributed by atoms with van der Waals surface area (Å²) in [5.74, 6) is 0.768. The Kier molecular flexibility index (Phi) is 3.87. The van der Waals surface area contributed by atoms with Gasteiger partial charge >= 0.3 is 0 Å². The Morgan fingerprint density at radius 3 is 2.44 bits per heavy atom. The van der Waals surface area contributed by atoms with Crippen LogP contribution in [0.1, 0.15) is 21.7 Å². The molecule has 128 valence electrons. The number of carbonyl (C=O) groups is 1. The Hall–Kier alpha value is -2.89. The lowest BCUT2D eigenvalue weighted by Crippen LogP contribution is -2.49. The maximum absolute atomic E-state index is 12.8. The number of amides is 1. The van der Waals surface area contributed by atoms with E-state index in [9.17, 15) is 4.79 Å². The number of piperazine rings is 1. The standard InChI is InChI=1S/C19H20N4O2/c1-13-11-14(2)21-19(20-13)23-9-7-22(8-10-23)18(24)16-12-25-17-6-4-3-5-15(16)17/h3-6,11-12H,7-10H2,1-2H3. The first-order valence-electron chi connectivity index (χ1n) is 8.44. The number of anilines is 1. The molecule has 0 unspecified atom stereocenters. The number of para-hydroxylation sites is 1. The van der Waals surface area contributed by atoms with Gasteiger partial charge in [0, 0.05) is 43.0 Å². The normalized spacial score (nSPS) is 15.0. The molecule has 3 aromatic rings. The summed E-state index contributed by atoms with van der Waals surface area (Å²) >= 11 is 0. The molecule has 6 nitrogen and oxygen atoms in total. The van der Waals surface area contributed by atoms with Crippen molar-refractivity contribution in [2.75, 3.05) is 31.1 Å². The second kappa shape index (κ2) is 6.20. The molecular formula is C19H20N4O2. The van der Waals surface area contributed by atoms with Gasteiger partial charge in [0.25, 0.3) is 5.91 Å². The van der Waals surface area contributed by atoms with Crippen molar-refractivity contribution in [3.8, 4) is 0 Å². The molecule has 0 spiro atoms. The summed E-state index contributed by atoms with van der Waals surface area (Å²) in [5.41, 5.74) is 3.30. The van der Waals surface area contributed by atoms with E-state index in [-0.39, 0.29) is 5.91 Å². The molecule has 0 aliphatic carbocycles. The molecule has 0 atom stereocenters. The van der Waals surface area contributed by atoms with Crippen LogP contribution >= 0.6 is 0 Å². The van der Waals surface area contributed by atoms with Gasteiger partial charge in [0.05, 0.1) is 5.56 Å². The molecule has 0 bridgehead atoms. The Morgan fingerprint density at radius 1 is 1.04 bits per heavy atom. The minimum Gasteiger partial charge on any atom is -0.463 e. The van der Waals surface area contributed by atoms with Gasteiger partial charge in [-0.05, 0) is 26.0 Å². The van der Waals surface area contributed by atoms with Gasteiger partial charge in [0.1, 0.15) is 11.8 Å². The number of hydrogen-bond donors (Lipinski definition) is 0. The fourth-order valence-electron chi connectivity index (χ4n) is 3.27. The quantitative estimate of drug-likeness (QED) is 0.720. The molecule has 2 aromatic heterocycles. The fraction of sp³-hybridized carbons (Fsp3) is 0.316. The maximum atomic E-state index is 12.8. The highest BCUT2D eigenvalue weighted by molar-refractivity contribution is 6.05. The van der Waals surface area contributed by atoms with E-state index in [1.54, 1.807) is 6.26 Å². The number of furan rings is 1. The average Bonchev–Trinajstić information content (AvgIpc) is 3.04. The van der Waals surface area contributed by atoms with Crippen LogP contribution in [0.25, 0.3) is 11.0 Å². The highest BCUT2D eigenvalue weighted by atomic mass is 16.3. The van der Waals surface area contributed by atoms with Crippen LogP contribution in [-0.2, 0) is 0 Å². The topological polar surface area (TPSA) is 62.5 Å². The lowest BCUT2D eigenvalue weighted by molar-refractivity contribution is 0.0747. The number of benzene rings is 1. The van der Waals surface area contributed by atoms with E-state index in [1.165, 1.54) is 0 Å². The molecule has 1 fully saturated rings. The van der Waals surface area contributed by atoms with Crippen LogP contribution in [0.4, 0.5) is 5.95 Å². The summed E-state index contributed by atoms with van der Waals surface area (Å²) in [6.45, 7) is 6.70. The van der Waals surface area contributed by atoms with Crippen molar-refractivity contribution in [1.82, 2.24) is 14.9 Å². The Labute approximate surface area is 146 Å². The van der Waals surface area contributed by atoms with E-state index in [0.717, 1.165) is 41.4 Å². The van der Waals surface area contributed by atoms with Gasteiger partial charge in [-0.1, -0.05) is 18.2 Å². The molecule has 1 aliphatic heterocycles. The molecule has 6 heteroatoms. The smallest absolute Gasteiger partial charge is 0.257 e. The van der Waals surface area contributed by atoms with Crippen molar-refractivity contribution in [3.05, 3.63) is 53.5 Å². The third-order valence-corrected chi connectivity index (χ3v) is 4.53. The second-order valence-electron chi connectivity index (χ2n) is 6.38. The SMILES string of the molecule is Cc1cc(C)nc(N2CCN(C(=O)c3coc4ccccc34)CC2)n1. The zero-order chi connectivity index (χ0) is 17.4. The number of aromatic nitrogens is 2. The fourth-order valence-corrected chi connectivity index (χ4v) is 3.27. The van der Waals surface area contributed by atoms with Crippen molar-refractivity contribution in [2.45, 2.75) is 13.8 Å². The average molecular weight is 336 g/mol.